The molecular weight excluding hydrogens is 514 g/mol. The van der Waals surface area contributed by atoms with E-state index in [2.05, 4.69) is 0 Å². The summed E-state index contributed by atoms with van der Waals surface area (Å²) < 4.78 is 31.0. The zero-order valence-corrected chi connectivity index (χ0v) is 23.5. The van der Waals surface area contributed by atoms with E-state index in [0.717, 1.165) is 12.8 Å². The van der Waals surface area contributed by atoms with Gasteiger partial charge in [0.15, 0.2) is 11.5 Å². The zero-order valence-electron chi connectivity index (χ0n) is 23.5. The van der Waals surface area contributed by atoms with Gasteiger partial charge in [0.25, 0.3) is 0 Å². The van der Waals surface area contributed by atoms with Crippen LogP contribution < -0.4 is 15.2 Å². The molecule has 1 aromatic carbocycles. The predicted octanol–water partition coefficient (Wildman–Crippen LogP) is 5.40. The van der Waals surface area contributed by atoms with Crippen LogP contribution in [0.2, 0.25) is 0 Å². The van der Waals surface area contributed by atoms with Gasteiger partial charge in [-0.15, -0.1) is 0 Å². The predicted molar refractivity (Wildman–Crippen MR) is 140 cm³/mol. The molecule has 220 valence electrons. The van der Waals surface area contributed by atoms with Gasteiger partial charge >= 0.3 is 24.4 Å². The van der Waals surface area contributed by atoms with Gasteiger partial charge in [0.05, 0.1) is 19.3 Å². The molecule has 3 N–H and O–H groups in total. The summed E-state index contributed by atoms with van der Waals surface area (Å²) in [5.41, 5.74) is 6.38. The summed E-state index contributed by atoms with van der Waals surface area (Å²) in [6.45, 7) is 10.7. The molecule has 4 atom stereocenters. The van der Waals surface area contributed by atoms with E-state index in [-0.39, 0.29) is 24.7 Å². The van der Waals surface area contributed by atoms with E-state index in [0.29, 0.717) is 18.4 Å². The molecule has 39 heavy (non-hydrogen) atoms. The number of carbonyl (C=O) groups is 4. The van der Waals surface area contributed by atoms with E-state index in [9.17, 15) is 24.3 Å². The van der Waals surface area contributed by atoms with E-state index < -0.39 is 54.5 Å². The second kappa shape index (κ2) is 17.1. The van der Waals surface area contributed by atoms with E-state index in [1.807, 2.05) is 13.8 Å². The van der Waals surface area contributed by atoms with Crippen LogP contribution in [0, 0.1) is 5.92 Å². The molecule has 1 aromatic rings. The van der Waals surface area contributed by atoms with Crippen molar-refractivity contribution in [1.29, 1.82) is 0 Å². The van der Waals surface area contributed by atoms with Gasteiger partial charge in [-0.3, -0.25) is 4.79 Å². The number of unbranched alkanes of at least 4 members (excludes halogenated alkanes) is 2. The minimum atomic E-state index is -1.43. The van der Waals surface area contributed by atoms with E-state index >= 15 is 0 Å². The van der Waals surface area contributed by atoms with Crippen LogP contribution in [0.3, 0.4) is 0 Å². The first kappa shape index (κ1) is 33.5. The Morgan fingerprint density at radius 3 is 1.85 bits per heavy atom. The number of carboxylic acid groups (broad SMARTS) is 1. The Morgan fingerprint density at radius 2 is 1.36 bits per heavy atom. The number of nitrogens with two attached hydrogens (primary N) is 1. The maximum atomic E-state index is 12.3. The van der Waals surface area contributed by atoms with Gasteiger partial charge in [-0.1, -0.05) is 39.7 Å². The van der Waals surface area contributed by atoms with Crippen molar-refractivity contribution < 1.29 is 52.7 Å². The average Bonchev–Trinajstić information content (AvgIpc) is 2.85. The second-order valence-corrected chi connectivity index (χ2v) is 9.30. The molecule has 0 aliphatic heterocycles. The van der Waals surface area contributed by atoms with Gasteiger partial charge in [-0.25, -0.2) is 14.4 Å². The molecule has 0 aromatic heterocycles. The zero-order chi connectivity index (χ0) is 29.5. The summed E-state index contributed by atoms with van der Waals surface area (Å²) in [5, 5.41) is 9.71. The number of carbonyl (C=O) groups excluding carboxylic acids is 3. The molecule has 0 aliphatic carbocycles. The van der Waals surface area contributed by atoms with Gasteiger partial charge in [0.2, 0.25) is 0 Å². The fourth-order valence-electron chi connectivity index (χ4n) is 3.50. The monoisotopic (exact) mass is 555 g/mol. The molecule has 12 heteroatoms. The number of ether oxygens (including phenoxy) is 6. The van der Waals surface area contributed by atoms with E-state index in [1.165, 1.54) is 18.2 Å². The van der Waals surface area contributed by atoms with Crippen LogP contribution in [0.4, 0.5) is 14.4 Å². The summed E-state index contributed by atoms with van der Waals surface area (Å²) in [6, 6.07) is 2.71. The van der Waals surface area contributed by atoms with Crippen LogP contribution in [0.1, 0.15) is 78.7 Å². The van der Waals surface area contributed by atoms with Gasteiger partial charge in [-0.2, -0.15) is 0 Å². The van der Waals surface area contributed by atoms with Crippen LogP contribution in [0.5, 0.6) is 11.5 Å². The fraction of sp³-hybridized carbons (Fsp3) is 0.630. The summed E-state index contributed by atoms with van der Waals surface area (Å²) >= 11 is 0. The van der Waals surface area contributed by atoms with E-state index in [4.69, 9.17) is 34.2 Å². The molecule has 0 spiro atoms. The maximum Gasteiger partial charge on any atom is 0.513 e. The Morgan fingerprint density at radius 1 is 0.821 bits per heavy atom. The summed E-state index contributed by atoms with van der Waals surface area (Å²) in [7, 11) is 0. The quantitative estimate of drug-likeness (QED) is 0.122. The number of carboxylic acids is 1. The van der Waals surface area contributed by atoms with Crippen LogP contribution in [-0.2, 0) is 23.7 Å². The first-order valence-electron chi connectivity index (χ1n) is 13.1. The van der Waals surface area contributed by atoms with Crippen molar-refractivity contribution in [2.45, 2.75) is 91.4 Å². The lowest BCUT2D eigenvalue weighted by Crippen LogP contribution is -2.42. The average molecular weight is 556 g/mol. The molecule has 0 aliphatic rings. The van der Waals surface area contributed by atoms with Crippen LogP contribution in [0.25, 0.3) is 0 Å². The van der Waals surface area contributed by atoms with Crippen LogP contribution in [-0.4, -0.2) is 61.0 Å². The fourth-order valence-corrected chi connectivity index (χ4v) is 3.50. The van der Waals surface area contributed by atoms with Crippen molar-refractivity contribution in [3.63, 3.8) is 0 Å². The molecular formula is C27H41NO11. The lowest BCUT2D eigenvalue weighted by molar-refractivity contribution is -0.139. The van der Waals surface area contributed by atoms with Crippen molar-refractivity contribution in [2.24, 2.45) is 11.7 Å². The lowest BCUT2D eigenvalue weighted by atomic mass is 9.79. The second-order valence-electron chi connectivity index (χ2n) is 9.30. The summed E-state index contributed by atoms with van der Waals surface area (Å²) in [4.78, 5) is 48.4. The maximum absolute atomic E-state index is 12.3. The third-order valence-electron chi connectivity index (χ3n) is 5.77. The molecule has 0 saturated heterocycles. The number of hydrogen-bond acceptors (Lipinski definition) is 11. The van der Waals surface area contributed by atoms with Crippen molar-refractivity contribution >= 4 is 24.4 Å². The number of aliphatic carboxylic acids is 1. The smallest absolute Gasteiger partial charge is 0.480 e. The summed E-state index contributed by atoms with van der Waals surface area (Å²) in [5.74, 6) is -3.21. The topological polar surface area (TPSA) is 170 Å². The molecule has 0 amide bonds. The first-order valence-corrected chi connectivity index (χ1v) is 13.1. The molecule has 12 nitrogen and oxygen atoms in total. The lowest BCUT2D eigenvalue weighted by Gasteiger charge is -2.31. The molecule has 0 saturated carbocycles. The Balaban J connectivity index is 3.36. The standard InChI is InChI=1S/C27H41NO11/c1-7-9-13-34-25(31)38-20-12-11-19(15-21(20)39-26(32)35-14-10-8-2)22(23(28)24(29)30)17(5)18(6)37-27(33)36-16(3)4/h11-12,15-18,22-23H,7-10,13-14,28H2,1-6H3,(H,29,30)/t17?,18?,22?,23-/m0/s1. The third kappa shape index (κ3) is 11.8. The van der Waals surface area contributed by atoms with Crippen LogP contribution >= 0.6 is 0 Å². The van der Waals surface area contributed by atoms with Gasteiger partial charge in [0, 0.05) is 11.8 Å². The largest absolute Gasteiger partial charge is 0.513 e. The van der Waals surface area contributed by atoms with Crippen LogP contribution in [0.15, 0.2) is 18.2 Å². The first-order chi connectivity index (χ1) is 18.4. The minimum Gasteiger partial charge on any atom is -0.480 e. The normalized spacial score (nSPS) is 13.9. The Bertz CT molecular complexity index is 950. The van der Waals surface area contributed by atoms with Gasteiger partial charge in [0.1, 0.15) is 12.1 Å². The Labute approximate surface area is 229 Å². The van der Waals surface area contributed by atoms with Crippen molar-refractivity contribution in [3.05, 3.63) is 23.8 Å². The van der Waals surface area contributed by atoms with Gasteiger partial charge in [-0.05, 0) is 51.3 Å². The highest BCUT2D eigenvalue weighted by Crippen LogP contribution is 2.37. The molecule has 1 rings (SSSR count). The number of hydrogen-bond donors (Lipinski definition) is 2. The van der Waals surface area contributed by atoms with Crippen molar-refractivity contribution in [2.75, 3.05) is 13.2 Å². The number of rotatable bonds is 15. The van der Waals surface area contributed by atoms with E-state index in [1.54, 1.807) is 27.7 Å². The Kier molecular flexibility index (Phi) is 14.7. The Hall–Kier alpha value is -3.54. The molecule has 0 heterocycles. The SMILES string of the molecule is CCCCOC(=O)Oc1ccc(C(C(C)C(C)OC(=O)OC(C)C)[C@H](N)C(=O)O)cc1OC(=O)OCCCC. The summed E-state index contributed by atoms with van der Waals surface area (Å²) in [6.07, 6.45) is -1.31. The number of benzene rings is 1. The van der Waals surface area contributed by atoms with Gasteiger partial charge < -0.3 is 39.3 Å². The van der Waals surface area contributed by atoms with Crippen molar-refractivity contribution in [1.82, 2.24) is 0 Å². The molecule has 3 unspecified atom stereocenters. The molecule has 0 fully saturated rings. The highest BCUT2D eigenvalue weighted by Gasteiger charge is 2.36. The van der Waals surface area contributed by atoms with Crippen molar-refractivity contribution in [3.8, 4) is 11.5 Å². The molecule has 0 radical (unpaired) electrons. The highest BCUT2D eigenvalue weighted by molar-refractivity contribution is 5.75. The molecule has 0 bridgehead atoms. The highest BCUT2D eigenvalue weighted by atomic mass is 16.7. The minimum absolute atomic E-state index is 0.120. The third-order valence-corrected chi connectivity index (χ3v) is 5.77.